The number of nitrogens with zero attached hydrogens (tertiary/aromatic N) is 2. The molecule has 2 rings (SSSR count). The third-order valence-corrected chi connectivity index (χ3v) is 2.45. The van der Waals surface area contributed by atoms with Gasteiger partial charge in [0.05, 0.1) is 23.2 Å². The molecule has 2 aromatic heterocycles. The number of ether oxygens (including phenoxy) is 1. The van der Waals surface area contributed by atoms with Crippen molar-refractivity contribution in [3.05, 3.63) is 30.1 Å². The molecule has 2 aromatic rings. The van der Waals surface area contributed by atoms with Crippen LogP contribution in [0.3, 0.4) is 0 Å². The second-order valence-corrected chi connectivity index (χ2v) is 3.57. The molecule has 0 aliphatic rings. The maximum Gasteiger partial charge on any atom is 0.379 e. The highest BCUT2D eigenvalue weighted by molar-refractivity contribution is 6.42. The molecule has 0 unspecified atom stereocenters. The minimum Gasteiger partial charge on any atom is -0.460 e. The van der Waals surface area contributed by atoms with Crippen LogP contribution in [0.2, 0.25) is 0 Å². The molecule has 0 fully saturated rings. The van der Waals surface area contributed by atoms with Gasteiger partial charge in [0.15, 0.2) is 0 Å². The molecule has 0 bridgehead atoms. The predicted molar refractivity (Wildman–Crippen MR) is 61.7 cm³/mol. The number of rotatable bonds is 3. The molecule has 5 heteroatoms. The van der Waals surface area contributed by atoms with Crippen LogP contribution < -0.4 is 0 Å². The third kappa shape index (κ3) is 1.91. The fourth-order valence-corrected chi connectivity index (χ4v) is 1.69. The molecule has 0 radical (unpaired) electrons. The Morgan fingerprint density at radius 3 is 2.94 bits per heavy atom. The summed E-state index contributed by atoms with van der Waals surface area (Å²) in [6, 6.07) is 3.62. The number of hydrogen-bond acceptors (Lipinski definition) is 4. The number of carbonyl (C=O) groups excluding carboxylic acids is 2. The van der Waals surface area contributed by atoms with Crippen molar-refractivity contribution in [1.29, 1.82) is 0 Å². The number of aryl methyl sites for hydroxylation is 1. The van der Waals surface area contributed by atoms with Crippen molar-refractivity contribution < 1.29 is 14.3 Å². The summed E-state index contributed by atoms with van der Waals surface area (Å²) in [5.74, 6) is -1.50. The summed E-state index contributed by atoms with van der Waals surface area (Å²) < 4.78 is 6.45. The Morgan fingerprint density at radius 1 is 1.47 bits per heavy atom. The Hall–Kier alpha value is -2.17. The lowest BCUT2D eigenvalue weighted by molar-refractivity contribution is -0.137. The van der Waals surface area contributed by atoms with Gasteiger partial charge in [-0.2, -0.15) is 0 Å². The average molecular weight is 232 g/mol. The van der Waals surface area contributed by atoms with Crippen molar-refractivity contribution in [2.45, 2.75) is 6.92 Å². The first-order valence-electron chi connectivity index (χ1n) is 5.26. The Labute approximate surface area is 98.0 Å². The van der Waals surface area contributed by atoms with E-state index in [1.54, 1.807) is 37.0 Å². The fourth-order valence-electron chi connectivity index (χ4n) is 1.69. The molecule has 0 atom stereocenters. The van der Waals surface area contributed by atoms with Crippen molar-refractivity contribution in [1.82, 2.24) is 9.55 Å². The number of fused-ring (bicyclic) bond motifs is 1. The highest BCUT2D eigenvalue weighted by Crippen LogP contribution is 2.18. The summed E-state index contributed by atoms with van der Waals surface area (Å²) in [7, 11) is 1.80. The summed E-state index contributed by atoms with van der Waals surface area (Å²) in [5, 5.41) is 0. The van der Waals surface area contributed by atoms with Crippen LogP contribution in [0.1, 0.15) is 17.3 Å². The fraction of sp³-hybridized carbons (Fsp3) is 0.250. The van der Waals surface area contributed by atoms with Crippen molar-refractivity contribution in [2.24, 2.45) is 7.05 Å². The van der Waals surface area contributed by atoms with E-state index in [2.05, 4.69) is 4.98 Å². The lowest BCUT2D eigenvalue weighted by atomic mass is 10.2. The molecule has 0 amide bonds. The van der Waals surface area contributed by atoms with E-state index in [4.69, 9.17) is 4.74 Å². The van der Waals surface area contributed by atoms with E-state index in [0.29, 0.717) is 5.52 Å². The maximum atomic E-state index is 11.8. The van der Waals surface area contributed by atoms with Crippen molar-refractivity contribution in [3.8, 4) is 0 Å². The van der Waals surface area contributed by atoms with Crippen LogP contribution in [0.15, 0.2) is 24.5 Å². The van der Waals surface area contributed by atoms with Crippen LogP contribution in [-0.4, -0.2) is 27.9 Å². The number of pyridine rings is 1. The maximum absolute atomic E-state index is 11.8. The van der Waals surface area contributed by atoms with E-state index in [1.165, 1.54) is 0 Å². The lowest BCUT2D eigenvalue weighted by Crippen LogP contribution is -2.17. The Kier molecular flexibility index (Phi) is 2.91. The van der Waals surface area contributed by atoms with Gasteiger partial charge in [0.25, 0.3) is 5.78 Å². The van der Waals surface area contributed by atoms with Crippen molar-refractivity contribution in [2.75, 3.05) is 6.61 Å². The third-order valence-electron chi connectivity index (χ3n) is 2.45. The SMILES string of the molecule is CCOC(=O)C(=O)c1cn(C)c2cccnc12. The number of aromatic nitrogens is 2. The molecule has 0 aliphatic carbocycles. The molecule has 0 spiro atoms. The highest BCUT2D eigenvalue weighted by atomic mass is 16.5. The van der Waals surface area contributed by atoms with Gasteiger partial charge < -0.3 is 9.30 Å². The molecule has 0 aromatic carbocycles. The number of ketones is 1. The Bertz CT molecular complexity index is 586. The first-order valence-corrected chi connectivity index (χ1v) is 5.26. The smallest absolute Gasteiger partial charge is 0.379 e. The van der Waals surface area contributed by atoms with Gasteiger partial charge in [0.1, 0.15) is 0 Å². The Balaban J connectivity index is 2.49. The van der Waals surface area contributed by atoms with Gasteiger partial charge in [-0.05, 0) is 19.1 Å². The van der Waals surface area contributed by atoms with Gasteiger partial charge >= 0.3 is 5.97 Å². The van der Waals surface area contributed by atoms with E-state index in [9.17, 15) is 9.59 Å². The quantitative estimate of drug-likeness (QED) is 0.455. The topological polar surface area (TPSA) is 61.2 Å². The zero-order valence-electron chi connectivity index (χ0n) is 9.64. The normalized spacial score (nSPS) is 10.5. The van der Waals surface area contributed by atoms with Crippen molar-refractivity contribution in [3.63, 3.8) is 0 Å². The van der Waals surface area contributed by atoms with Crippen LogP contribution in [0.5, 0.6) is 0 Å². The van der Waals surface area contributed by atoms with Crippen molar-refractivity contribution >= 4 is 22.8 Å². The van der Waals surface area contributed by atoms with Gasteiger partial charge in [-0.25, -0.2) is 4.79 Å². The molecule has 0 N–H and O–H groups in total. The van der Waals surface area contributed by atoms with Gasteiger partial charge in [-0.1, -0.05) is 0 Å². The molecule has 5 nitrogen and oxygen atoms in total. The molecule has 0 saturated carbocycles. The molecule has 88 valence electrons. The first-order chi connectivity index (χ1) is 8.15. The van der Waals surface area contributed by atoms with E-state index >= 15 is 0 Å². The van der Waals surface area contributed by atoms with Crippen LogP contribution in [0.25, 0.3) is 11.0 Å². The molecule has 0 aliphatic heterocycles. The highest BCUT2D eigenvalue weighted by Gasteiger charge is 2.22. The molecule has 2 heterocycles. The summed E-state index contributed by atoms with van der Waals surface area (Å²) in [4.78, 5) is 27.3. The molecular formula is C12H12N2O3. The van der Waals surface area contributed by atoms with E-state index in [1.807, 2.05) is 6.07 Å². The average Bonchev–Trinajstić information content (AvgIpc) is 2.67. The van der Waals surface area contributed by atoms with E-state index < -0.39 is 11.8 Å². The van der Waals surface area contributed by atoms with Gasteiger partial charge in [0, 0.05) is 19.4 Å². The number of carbonyl (C=O) groups is 2. The first kappa shape index (κ1) is 11.3. The Morgan fingerprint density at radius 2 is 2.24 bits per heavy atom. The van der Waals surface area contributed by atoms with Crippen LogP contribution in [0, 0.1) is 0 Å². The molecule has 0 saturated heterocycles. The minimum atomic E-state index is -0.842. The zero-order chi connectivity index (χ0) is 12.4. The largest absolute Gasteiger partial charge is 0.460 e. The summed E-state index contributed by atoms with van der Waals surface area (Å²) in [6.45, 7) is 1.84. The monoisotopic (exact) mass is 232 g/mol. The lowest BCUT2D eigenvalue weighted by Gasteiger charge is -1.98. The van der Waals surface area contributed by atoms with Gasteiger partial charge in [-0.15, -0.1) is 0 Å². The van der Waals surface area contributed by atoms with Crippen LogP contribution in [-0.2, 0) is 16.6 Å². The number of hydrogen-bond donors (Lipinski definition) is 0. The second-order valence-electron chi connectivity index (χ2n) is 3.57. The molecule has 17 heavy (non-hydrogen) atoms. The van der Waals surface area contributed by atoms with E-state index in [-0.39, 0.29) is 12.2 Å². The van der Waals surface area contributed by atoms with E-state index in [0.717, 1.165) is 5.52 Å². The second kappa shape index (κ2) is 4.37. The van der Waals surface area contributed by atoms with Gasteiger partial charge in [0.2, 0.25) is 0 Å². The predicted octanol–water partition coefficient (Wildman–Crippen LogP) is 1.32. The number of Topliss-reactive ketones (excluding diaryl/α,β-unsaturated/α-hetero) is 1. The standard InChI is InChI=1S/C12H12N2O3/c1-3-17-12(16)11(15)8-7-14(2)9-5-4-6-13-10(8)9/h4-7H,3H2,1-2H3. The van der Waals surface area contributed by atoms with Crippen LogP contribution in [0.4, 0.5) is 0 Å². The summed E-state index contributed by atoms with van der Waals surface area (Å²) in [6.07, 6.45) is 3.18. The number of esters is 1. The minimum absolute atomic E-state index is 0.183. The molecular weight excluding hydrogens is 220 g/mol. The van der Waals surface area contributed by atoms with Gasteiger partial charge in [-0.3, -0.25) is 9.78 Å². The zero-order valence-corrected chi connectivity index (χ0v) is 9.64. The summed E-state index contributed by atoms with van der Waals surface area (Å²) in [5.41, 5.74) is 1.61. The van der Waals surface area contributed by atoms with Crippen LogP contribution >= 0.6 is 0 Å². The summed E-state index contributed by atoms with van der Waals surface area (Å²) >= 11 is 0.